The number of fused-ring (bicyclic) bond motifs is 2. The number of hydrogen-bond acceptors (Lipinski definition) is 7. The molecule has 0 saturated heterocycles. The molecule has 2 heterocycles. The van der Waals surface area contributed by atoms with Gasteiger partial charge in [0, 0.05) is 15.7 Å². The van der Waals surface area contributed by atoms with E-state index in [0.717, 1.165) is 6.42 Å². The van der Waals surface area contributed by atoms with Crippen molar-refractivity contribution in [1.82, 2.24) is 5.32 Å². The van der Waals surface area contributed by atoms with Crippen LogP contribution in [-0.4, -0.2) is 31.6 Å². The van der Waals surface area contributed by atoms with E-state index in [1.807, 2.05) is 6.92 Å². The number of esters is 2. The second-order valence-corrected chi connectivity index (χ2v) is 7.58. The minimum Gasteiger partial charge on any atom is -0.466 e. The minimum atomic E-state index is -1.85. The zero-order chi connectivity index (χ0) is 21.3. The summed E-state index contributed by atoms with van der Waals surface area (Å²) in [5, 5.41) is 2.65. The summed E-state index contributed by atoms with van der Waals surface area (Å²) in [5.41, 5.74) is 4.53. The molecule has 8 nitrogen and oxygen atoms in total. The van der Waals surface area contributed by atoms with Crippen molar-refractivity contribution in [1.29, 1.82) is 0 Å². The molecule has 3 N–H and O–H groups in total. The quantitative estimate of drug-likeness (QED) is 0.506. The zero-order valence-electron chi connectivity index (χ0n) is 16.3. The number of hydrogen-bond donors (Lipinski definition) is 2. The average Bonchev–Trinajstić information content (AvgIpc) is 2.92. The van der Waals surface area contributed by atoms with Gasteiger partial charge in [-0.3, -0.25) is 4.79 Å². The van der Waals surface area contributed by atoms with Gasteiger partial charge in [-0.05, 0) is 31.5 Å². The van der Waals surface area contributed by atoms with E-state index in [1.54, 1.807) is 25.1 Å². The van der Waals surface area contributed by atoms with Gasteiger partial charge >= 0.3 is 11.9 Å². The Morgan fingerprint density at radius 1 is 1.28 bits per heavy atom. The first-order chi connectivity index (χ1) is 13.8. The third-order valence-electron chi connectivity index (χ3n) is 4.90. The highest BCUT2D eigenvalue weighted by molar-refractivity contribution is 9.10. The number of carbonyl (C=O) groups excluding carboxylic acids is 3. The van der Waals surface area contributed by atoms with Gasteiger partial charge in [-0.15, -0.1) is 0 Å². The topological polar surface area (TPSA) is 117 Å². The molecule has 2 aliphatic heterocycles. The number of methoxy groups -OCH3 is 1. The lowest BCUT2D eigenvalue weighted by molar-refractivity contribution is -0.142. The Morgan fingerprint density at radius 3 is 2.66 bits per heavy atom. The molecule has 1 spiro atoms. The van der Waals surface area contributed by atoms with Crippen LogP contribution in [0.5, 0.6) is 5.75 Å². The van der Waals surface area contributed by atoms with Gasteiger partial charge in [-0.25, -0.2) is 9.59 Å². The summed E-state index contributed by atoms with van der Waals surface area (Å²) in [6.07, 6.45) is 1.45. The van der Waals surface area contributed by atoms with Gasteiger partial charge in [0.15, 0.2) is 0 Å². The maximum absolute atomic E-state index is 13.3. The number of allylic oxidation sites excluding steroid dienone is 1. The van der Waals surface area contributed by atoms with E-state index < -0.39 is 23.3 Å². The van der Waals surface area contributed by atoms with Crippen LogP contribution in [0.15, 0.2) is 45.4 Å². The van der Waals surface area contributed by atoms with Crippen molar-refractivity contribution in [2.45, 2.75) is 32.1 Å². The van der Waals surface area contributed by atoms with E-state index in [-0.39, 0.29) is 35.1 Å². The first kappa shape index (κ1) is 20.9. The van der Waals surface area contributed by atoms with Gasteiger partial charge in [-0.1, -0.05) is 29.3 Å². The Bertz CT molecular complexity index is 968. The number of nitrogens with one attached hydrogen (secondary N) is 1. The molecular formula is C20H21BrN2O6. The number of halogens is 1. The summed E-state index contributed by atoms with van der Waals surface area (Å²) in [6, 6.07) is 4.91. The summed E-state index contributed by atoms with van der Waals surface area (Å²) >= 11 is 3.37. The number of benzene rings is 1. The smallest absolute Gasteiger partial charge is 0.341 e. The Labute approximate surface area is 176 Å². The zero-order valence-corrected chi connectivity index (χ0v) is 17.8. The SMILES string of the molecule is CCCCOC(=O)C1=C(N)Oc2ccc(Br)cc2[C@@]12C(=O)NC(C)=C2C(=O)OC. The van der Waals surface area contributed by atoms with Crippen molar-refractivity contribution in [3.63, 3.8) is 0 Å². The lowest BCUT2D eigenvalue weighted by atomic mass is 9.67. The van der Waals surface area contributed by atoms with Crippen molar-refractivity contribution in [3.8, 4) is 5.75 Å². The largest absolute Gasteiger partial charge is 0.466 e. The molecule has 9 heteroatoms. The lowest BCUT2D eigenvalue weighted by Gasteiger charge is -2.36. The number of rotatable bonds is 5. The average molecular weight is 465 g/mol. The van der Waals surface area contributed by atoms with Crippen molar-refractivity contribution in [2.75, 3.05) is 13.7 Å². The molecule has 0 aromatic heterocycles. The molecule has 1 amide bonds. The maximum Gasteiger partial charge on any atom is 0.341 e. The van der Waals surface area contributed by atoms with Gasteiger partial charge in [0.1, 0.15) is 16.7 Å². The molecule has 0 saturated carbocycles. The standard InChI is InChI=1S/C20H21BrN2O6/c1-4-5-8-28-18(25)15-16(22)29-13-7-6-11(21)9-12(13)20(15)14(17(24)27-3)10(2)23-19(20)26/h6-7,9H,4-5,8,22H2,1-3H3,(H,23,26)/t20-/m0/s1. The lowest BCUT2D eigenvalue weighted by Crippen LogP contribution is -2.49. The van der Waals surface area contributed by atoms with Crippen LogP contribution in [0.4, 0.5) is 0 Å². The minimum absolute atomic E-state index is 0.0296. The van der Waals surface area contributed by atoms with Crippen LogP contribution in [0, 0.1) is 0 Å². The van der Waals surface area contributed by atoms with E-state index in [9.17, 15) is 14.4 Å². The van der Waals surface area contributed by atoms with E-state index in [0.29, 0.717) is 16.5 Å². The van der Waals surface area contributed by atoms with Gasteiger partial charge in [0.05, 0.1) is 19.3 Å². The summed E-state index contributed by atoms with van der Waals surface area (Å²) in [7, 11) is 1.20. The molecule has 1 atom stereocenters. The summed E-state index contributed by atoms with van der Waals surface area (Å²) in [6.45, 7) is 3.65. The fraction of sp³-hybridized carbons (Fsp3) is 0.350. The Kier molecular flexibility index (Phi) is 5.70. The highest BCUT2D eigenvalue weighted by Gasteiger charge is 2.61. The molecule has 154 valence electrons. The van der Waals surface area contributed by atoms with E-state index in [2.05, 4.69) is 21.2 Å². The number of unbranched alkanes of at least 4 members (excludes halogenated alkanes) is 1. The van der Waals surface area contributed by atoms with Crippen LogP contribution in [0.2, 0.25) is 0 Å². The van der Waals surface area contributed by atoms with E-state index in [1.165, 1.54) is 7.11 Å². The van der Waals surface area contributed by atoms with Crippen LogP contribution >= 0.6 is 15.9 Å². The van der Waals surface area contributed by atoms with E-state index in [4.69, 9.17) is 19.9 Å². The monoisotopic (exact) mass is 464 g/mol. The van der Waals surface area contributed by atoms with Crippen LogP contribution in [-0.2, 0) is 29.3 Å². The molecule has 3 rings (SSSR count). The van der Waals surface area contributed by atoms with Crippen LogP contribution < -0.4 is 15.8 Å². The molecule has 0 radical (unpaired) electrons. The van der Waals surface area contributed by atoms with Gasteiger partial charge in [-0.2, -0.15) is 0 Å². The highest BCUT2D eigenvalue weighted by Crippen LogP contribution is 2.52. The fourth-order valence-electron chi connectivity index (χ4n) is 3.63. The molecule has 0 unspecified atom stereocenters. The molecule has 29 heavy (non-hydrogen) atoms. The number of carbonyl (C=O) groups is 3. The molecule has 0 bridgehead atoms. The van der Waals surface area contributed by atoms with Crippen molar-refractivity contribution in [3.05, 3.63) is 51.0 Å². The third-order valence-corrected chi connectivity index (χ3v) is 5.40. The number of ether oxygens (including phenoxy) is 3. The molecule has 0 fully saturated rings. The third kappa shape index (κ3) is 3.19. The first-order valence-corrected chi connectivity index (χ1v) is 9.84. The van der Waals surface area contributed by atoms with Gasteiger partial charge in [0.2, 0.25) is 11.8 Å². The summed E-state index contributed by atoms with van der Waals surface area (Å²) in [4.78, 5) is 39.1. The number of amides is 1. The molecule has 1 aromatic carbocycles. The van der Waals surface area contributed by atoms with Crippen LogP contribution in [0.1, 0.15) is 32.3 Å². The Balaban J connectivity index is 2.31. The molecule has 1 aromatic rings. The molecule has 2 aliphatic rings. The van der Waals surface area contributed by atoms with E-state index >= 15 is 0 Å². The maximum atomic E-state index is 13.3. The second kappa shape index (κ2) is 7.90. The second-order valence-electron chi connectivity index (χ2n) is 6.67. The van der Waals surface area contributed by atoms with Crippen LogP contribution in [0.3, 0.4) is 0 Å². The van der Waals surface area contributed by atoms with Crippen LogP contribution in [0.25, 0.3) is 0 Å². The highest BCUT2D eigenvalue weighted by atomic mass is 79.9. The van der Waals surface area contributed by atoms with Gasteiger partial charge < -0.3 is 25.3 Å². The van der Waals surface area contributed by atoms with Crippen molar-refractivity contribution < 1.29 is 28.6 Å². The Morgan fingerprint density at radius 2 is 2.00 bits per heavy atom. The first-order valence-electron chi connectivity index (χ1n) is 9.05. The summed E-state index contributed by atoms with van der Waals surface area (Å²) in [5.74, 6) is -2.24. The normalized spacial score (nSPS) is 20.3. The molecular weight excluding hydrogens is 444 g/mol. The fourth-order valence-corrected chi connectivity index (χ4v) is 3.99. The predicted octanol–water partition coefficient (Wildman–Crippen LogP) is 2.17. The predicted molar refractivity (Wildman–Crippen MR) is 106 cm³/mol. The molecule has 0 aliphatic carbocycles. The van der Waals surface area contributed by atoms with Crippen molar-refractivity contribution >= 4 is 33.8 Å². The Hall–Kier alpha value is -2.81. The van der Waals surface area contributed by atoms with Gasteiger partial charge in [0.25, 0.3) is 0 Å². The summed E-state index contributed by atoms with van der Waals surface area (Å²) < 4.78 is 16.5. The number of nitrogens with two attached hydrogens (primary N) is 1. The van der Waals surface area contributed by atoms with Crippen molar-refractivity contribution in [2.24, 2.45) is 5.73 Å².